The molecule has 0 aliphatic heterocycles. The molecule has 0 spiro atoms. The Morgan fingerprint density at radius 3 is 2.85 bits per heavy atom. The number of benzene rings is 2. The summed E-state index contributed by atoms with van der Waals surface area (Å²) in [5.74, 6) is -0.0729. The molecule has 3 rings (SSSR count). The maximum absolute atomic E-state index is 12.3. The highest BCUT2D eigenvalue weighted by molar-refractivity contribution is 5.98. The van der Waals surface area contributed by atoms with Crippen molar-refractivity contribution >= 4 is 16.9 Å². The fourth-order valence-corrected chi connectivity index (χ4v) is 2.21. The standard InChI is InChI=1S/C16H15N3O/c1-11-7-14-15(19-10-18-14)8-13(11)16(20)17-9-12-5-3-2-4-6-12/h2-8,10H,9H2,1H3,(H,17,20)(H,18,19). The van der Waals surface area contributed by atoms with Crippen molar-refractivity contribution in [3.63, 3.8) is 0 Å². The molecule has 0 unspecified atom stereocenters. The number of imidazole rings is 1. The lowest BCUT2D eigenvalue weighted by atomic mass is 10.1. The molecule has 3 aromatic rings. The lowest BCUT2D eigenvalue weighted by Crippen LogP contribution is -2.23. The predicted molar refractivity (Wildman–Crippen MR) is 78.4 cm³/mol. The first-order valence-electron chi connectivity index (χ1n) is 6.50. The van der Waals surface area contributed by atoms with Gasteiger partial charge in [-0.15, -0.1) is 0 Å². The zero-order valence-electron chi connectivity index (χ0n) is 11.2. The van der Waals surface area contributed by atoms with E-state index in [4.69, 9.17) is 0 Å². The average molecular weight is 265 g/mol. The molecule has 4 nitrogen and oxygen atoms in total. The van der Waals surface area contributed by atoms with E-state index in [0.29, 0.717) is 12.1 Å². The molecule has 0 aliphatic carbocycles. The Morgan fingerprint density at radius 1 is 1.25 bits per heavy atom. The number of fused-ring (bicyclic) bond motifs is 1. The highest BCUT2D eigenvalue weighted by Gasteiger charge is 2.11. The second kappa shape index (κ2) is 5.17. The van der Waals surface area contributed by atoms with Crippen LogP contribution in [-0.2, 0) is 6.54 Å². The van der Waals surface area contributed by atoms with E-state index in [1.165, 1.54) is 0 Å². The summed E-state index contributed by atoms with van der Waals surface area (Å²) in [6.07, 6.45) is 1.63. The number of aromatic amines is 1. The Bertz CT molecular complexity index is 747. The number of nitrogens with one attached hydrogen (secondary N) is 2. The van der Waals surface area contributed by atoms with Gasteiger partial charge in [-0.3, -0.25) is 4.79 Å². The Balaban J connectivity index is 1.80. The van der Waals surface area contributed by atoms with Crippen LogP contribution in [0.5, 0.6) is 0 Å². The molecule has 1 aromatic heterocycles. The summed E-state index contributed by atoms with van der Waals surface area (Å²) in [6.45, 7) is 2.45. The van der Waals surface area contributed by atoms with Crippen LogP contribution in [0.25, 0.3) is 11.0 Å². The van der Waals surface area contributed by atoms with Gasteiger partial charge in [-0.25, -0.2) is 4.98 Å². The van der Waals surface area contributed by atoms with Gasteiger partial charge >= 0.3 is 0 Å². The highest BCUT2D eigenvalue weighted by Crippen LogP contribution is 2.16. The second-order valence-electron chi connectivity index (χ2n) is 4.76. The number of aryl methyl sites for hydroxylation is 1. The Morgan fingerprint density at radius 2 is 2.05 bits per heavy atom. The van der Waals surface area contributed by atoms with Crippen LogP contribution in [0.3, 0.4) is 0 Å². The summed E-state index contributed by atoms with van der Waals surface area (Å²) in [5.41, 5.74) is 4.44. The number of H-pyrrole nitrogens is 1. The zero-order valence-corrected chi connectivity index (χ0v) is 11.2. The van der Waals surface area contributed by atoms with Crippen LogP contribution in [0, 0.1) is 6.92 Å². The van der Waals surface area contributed by atoms with Crippen molar-refractivity contribution in [3.05, 3.63) is 65.5 Å². The minimum atomic E-state index is -0.0729. The number of carbonyl (C=O) groups excluding carboxylic acids is 1. The van der Waals surface area contributed by atoms with Crippen LogP contribution < -0.4 is 5.32 Å². The summed E-state index contributed by atoms with van der Waals surface area (Å²) >= 11 is 0. The van der Waals surface area contributed by atoms with E-state index in [9.17, 15) is 4.79 Å². The minimum Gasteiger partial charge on any atom is -0.348 e. The summed E-state index contributed by atoms with van der Waals surface area (Å²) in [5, 5.41) is 2.94. The summed E-state index contributed by atoms with van der Waals surface area (Å²) < 4.78 is 0. The van der Waals surface area contributed by atoms with Crippen molar-refractivity contribution < 1.29 is 4.79 Å². The van der Waals surface area contributed by atoms with Crippen molar-refractivity contribution in [3.8, 4) is 0 Å². The number of hydrogen-bond donors (Lipinski definition) is 2. The van der Waals surface area contributed by atoms with Crippen molar-refractivity contribution in [1.29, 1.82) is 0 Å². The SMILES string of the molecule is Cc1cc2[nH]cnc2cc1C(=O)NCc1ccccc1. The van der Waals surface area contributed by atoms with E-state index in [-0.39, 0.29) is 5.91 Å². The van der Waals surface area contributed by atoms with Crippen LogP contribution in [0.2, 0.25) is 0 Å². The number of nitrogens with zero attached hydrogens (tertiary/aromatic N) is 1. The average Bonchev–Trinajstić information content (AvgIpc) is 2.92. The van der Waals surface area contributed by atoms with Gasteiger partial charge in [-0.2, -0.15) is 0 Å². The van der Waals surface area contributed by atoms with Gasteiger partial charge in [0.05, 0.1) is 17.4 Å². The maximum atomic E-state index is 12.3. The predicted octanol–water partition coefficient (Wildman–Crippen LogP) is 2.80. The number of aromatic nitrogens is 2. The third kappa shape index (κ3) is 2.40. The van der Waals surface area contributed by atoms with Gasteiger partial charge in [-0.1, -0.05) is 30.3 Å². The van der Waals surface area contributed by atoms with Gasteiger partial charge in [0, 0.05) is 12.1 Å². The number of rotatable bonds is 3. The van der Waals surface area contributed by atoms with E-state index in [0.717, 1.165) is 22.2 Å². The lowest BCUT2D eigenvalue weighted by Gasteiger charge is -2.08. The van der Waals surface area contributed by atoms with E-state index in [2.05, 4.69) is 15.3 Å². The second-order valence-corrected chi connectivity index (χ2v) is 4.76. The molecular formula is C16H15N3O. The molecule has 0 saturated carbocycles. The first kappa shape index (κ1) is 12.4. The summed E-state index contributed by atoms with van der Waals surface area (Å²) in [7, 11) is 0. The smallest absolute Gasteiger partial charge is 0.251 e. The zero-order chi connectivity index (χ0) is 13.9. The van der Waals surface area contributed by atoms with Crippen LogP contribution in [0.1, 0.15) is 21.5 Å². The van der Waals surface area contributed by atoms with Crippen molar-refractivity contribution in [2.24, 2.45) is 0 Å². The summed E-state index contributed by atoms with van der Waals surface area (Å²) in [6, 6.07) is 13.6. The Hall–Kier alpha value is -2.62. The molecule has 0 bridgehead atoms. The third-order valence-electron chi connectivity index (χ3n) is 3.31. The first-order valence-corrected chi connectivity index (χ1v) is 6.50. The topological polar surface area (TPSA) is 57.8 Å². The van der Waals surface area contributed by atoms with Gasteiger partial charge in [0.15, 0.2) is 0 Å². The third-order valence-corrected chi connectivity index (χ3v) is 3.31. The molecular weight excluding hydrogens is 250 g/mol. The van der Waals surface area contributed by atoms with E-state index in [1.807, 2.05) is 49.4 Å². The van der Waals surface area contributed by atoms with Crippen molar-refractivity contribution in [2.45, 2.75) is 13.5 Å². The fraction of sp³-hybridized carbons (Fsp3) is 0.125. The van der Waals surface area contributed by atoms with Crippen LogP contribution in [-0.4, -0.2) is 15.9 Å². The molecule has 0 aliphatic rings. The maximum Gasteiger partial charge on any atom is 0.251 e. The molecule has 100 valence electrons. The molecule has 0 radical (unpaired) electrons. The van der Waals surface area contributed by atoms with Crippen LogP contribution >= 0.6 is 0 Å². The first-order chi connectivity index (χ1) is 9.74. The Kier molecular flexibility index (Phi) is 3.21. The van der Waals surface area contributed by atoms with Gasteiger partial charge in [0.25, 0.3) is 5.91 Å². The number of hydrogen-bond acceptors (Lipinski definition) is 2. The fourth-order valence-electron chi connectivity index (χ4n) is 2.21. The van der Waals surface area contributed by atoms with Gasteiger partial charge < -0.3 is 10.3 Å². The van der Waals surface area contributed by atoms with Gasteiger partial charge in [0.2, 0.25) is 0 Å². The van der Waals surface area contributed by atoms with Crippen molar-refractivity contribution in [2.75, 3.05) is 0 Å². The lowest BCUT2D eigenvalue weighted by molar-refractivity contribution is 0.0950. The highest BCUT2D eigenvalue weighted by atomic mass is 16.1. The quantitative estimate of drug-likeness (QED) is 0.765. The number of carbonyl (C=O) groups is 1. The van der Waals surface area contributed by atoms with Gasteiger partial charge in [0.1, 0.15) is 0 Å². The number of amides is 1. The molecule has 20 heavy (non-hydrogen) atoms. The van der Waals surface area contributed by atoms with E-state index in [1.54, 1.807) is 6.33 Å². The largest absolute Gasteiger partial charge is 0.348 e. The van der Waals surface area contributed by atoms with Crippen molar-refractivity contribution in [1.82, 2.24) is 15.3 Å². The van der Waals surface area contributed by atoms with E-state index >= 15 is 0 Å². The monoisotopic (exact) mass is 265 g/mol. The van der Waals surface area contributed by atoms with E-state index < -0.39 is 0 Å². The molecule has 1 heterocycles. The molecule has 2 aromatic carbocycles. The van der Waals surface area contributed by atoms with Crippen LogP contribution in [0.4, 0.5) is 0 Å². The van der Waals surface area contributed by atoms with Crippen LogP contribution in [0.15, 0.2) is 48.8 Å². The Labute approximate surface area is 116 Å². The normalized spacial score (nSPS) is 10.7. The molecule has 1 amide bonds. The minimum absolute atomic E-state index is 0.0729. The molecule has 0 saturated heterocycles. The molecule has 4 heteroatoms. The molecule has 0 atom stereocenters. The van der Waals surface area contributed by atoms with Gasteiger partial charge in [-0.05, 0) is 30.2 Å². The molecule has 2 N–H and O–H groups in total. The molecule has 0 fully saturated rings. The summed E-state index contributed by atoms with van der Waals surface area (Å²) in [4.78, 5) is 19.5.